The molecule has 2 rings (SSSR count). The Labute approximate surface area is 114 Å². The van der Waals surface area contributed by atoms with Crippen LogP contribution in [0.15, 0.2) is 0 Å². The molecule has 0 N–H and O–H groups in total. The van der Waals surface area contributed by atoms with Crippen molar-refractivity contribution in [2.75, 3.05) is 31.3 Å². The summed E-state index contributed by atoms with van der Waals surface area (Å²) in [7, 11) is -3.01. The van der Waals surface area contributed by atoms with Crippen molar-refractivity contribution >= 4 is 15.9 Å². The number of rotatable bonds is 4. The Morgan fingerprint density at radius 3 is 2.74 bits per heavy atom. The standard InChI is InChI=1S/C12H21NO5S/c1-2-17-12(14)13(8-11-4-3-6-18-11)10-5-7-19(15,16)9-10/h10-11H,2-9H2,1H3/t10-,11+/m0/s1. The molecule has 110 valence electrons. The van der Waals surface area contributed by atoms with Gasteiger partial charge in [-0.15, -0.1) is 0 Å². The minimum absolute atomic E-state index is 0.00714. The Bertz CT molecular complexity index is 416. The van der Waals surface area contributed by atoms with Crippen molar-refractivity contribution in [3.63, 3.8) is 0 Å². The lowest BCUT2D eigenvalue weighted by molar-refractivity contribution is 0.0463. The molecule has 7 heteroatoms. The molecule has 0 radical (unpaired) electrons. The van der Waals surface area contributed by atoms with Crippen molar-refractivity contribution in [3.05, 3.63) is 0 Å². The molecule has 2 saturated heterocycles. The van der Waals surface area contributed by atoms with Gasteiger partial charge >= 0.3 is 6.09 Å². The number of nitrogens with zero attached hydrogens (tertiary/aromatic N) is 1. The van der Waals surface area contributed by atoms with E-state index in [9.17, 15) is 13.2 Å². The number of carbonyl (C=O) groups excluding carboxylic acids is 1. The SMILES string of the molecule is CCOC(=O)N(C[C@H]1CCCO1)[C@H]1CCS(=O)(=O)C1. The van der Waals surface area contributed by atoms with E-state index < -0.39 is 15.9 Å². The highest BCUT2D eigenvalue weighted by Crippen LogP contribution is 2.22. The van der Waals surface area contributed by atoms with Crippen molar-refractivity contribution in [1.82, 2.24) is 4.90 Å². The number of carbonyl (C=O) groups is 1. The summed E-state index contributed by atoms with van der Waals surface area (Å²) in [6, 6.07) is -0.270. The van der Waals surface area contributed by atoms with Gasteiger partial charge in [0.25, 0.3) is 0 Å². The highest BCUT2D eigenvalue weighted by atomic mass is 32.2. The van der Waals surface area contributed by atoms with Crippen LogP contribution in [0.4, 0.5) is 4.79 Å². The van der Waals surface area contributed by atoms with Crippen molar-refractivity contribution in [2.45, 2.75) is 38.3 Å². The van der Waals surface area contributed by atoms with Gasteiger partial charge in [0.15, 0.2) is 9.84 Å². The number of hydrogen-bond donors (Lipinski definition) is 0. The van der Waals surface area contributed by atoms with E-state index in [-0.39, 0.29) is 23.7 Å². The van der Waals surface area contributed by atoms with E-state index in [0.717, 1.165) is 12.8 Å². The molecule has 2 aliphatic rings. The molecule has 0 aliphatic carbocycles. The Hall–Kier alpha value is -0.820. The van der Waals surface area contributed by atoms with E-state index in [4.69, 9.17) is 9.47 Å². The number of sulfone groups is 1. The lowest BCUT2D eigenvalue weighted by atomic mass is 10.2. The maximum absolute atomic E-state index is 12.0. The summed E-state index contributed by atoms with van der Waals surface area (Å²) < 4.78 is 33.7. The van der Waals surface area contributed by atoms with Gasteiger partial charge in [0.05, 0.1) is 36.8 Å². The van der Waals surface area contributed by atoms with Gasteiger partial charge in [0, 0.05) is 6.61 Å². The van der Waals surface area contributed by atoms with Crippen LogP contribution in [0.1, 0.15) is 26.2 Å². The second kappa shape index (κ2) is 6.09. The zero-order chi connectivity index (χ0) is 13.9. The Morgan fingerprint density at radius 1 is 1.42 bits per heavy atom. The first kappa shape index (κ1) is 14.6. The van der Waals surface area contributed by atoms with Gasteiger partial charge in [-0.1, -0.05) is 0 Å². The minimum Gasteiger partial charge on any atom is -0.450 e. The zero-order valence-electron chi connectivity index (χ0n) is 11.2. The fourth-order valence-electron chi connectivity index (χ4n) is 2.61. The highest BCUT2D eigenvalue weighted by Gasteiger charge is 2.37. The maximum atomic E-state index is 12.0. The lowest BCUT2D eigenvalue weighted by Gasteiger charge is -2.29. The molecule has 2 atom stereocenters. The van der Waals surface area contributed by atoms with E-state index in [1.54, 1.807) is 11.8 Å². The lowest BCUT2D eigenvalue weighted by Crippen LogP contribution is -2.45. The summed E-state index contributed by atoms with van der Waals surface area (Å²) in [6.45, 7) is 3.18. The normalized spacial score (nSPS) is 29.3. The van der Waals surface area contributed by atoms with E-state index in [1.807, 2.05) is 0 Å². The van der Waals surface area contributed by atoms with Crippen molar-refractivity contribution in [3.8, 4) is 0 Å². The van der Waals surface area contributed by atoms with Gasteiger partial charge in [-0.3, -0.25) is 0 Å². The number of ether oxygens (including phenoxy) is 2. The van der Waals surface area contributed by atoms with Crippen LogP contribution in [0.2, 0.25) is 0 Å². The van der Waals surface area contributed by atoms with E-state index in [2.05, 4.69) is 0 Å². The van der Waals surface area contributed by atoms with Crippen LogP contribution < -0.4 is 0 Å². The minimum atomic E-state index is -3.01. The second-order valence-electron chi connectivity index (χ2n) is 5.04. The summed E-state index contributed by atoms with van der Waals surface area (Å²) in [5.74, 6) is 0.192. The summed E-state index contributed by atoms with van der Waals surface area (Å²) in [6.07, 6.45) is 1.97. The third-order valence-electron chi connectivity index (χ3n) is 3.58. The Kier molecular flexibility index (Phi) is 4.67. The molecule has 6 nitrogen and oxygen atoms in total. The van der Waals surface area contributed by atoms with Crippen molar-refractivity contribution in [1.29, 1.82) is 0 Å². The van der Waals surface area contributed by atoms with E-state index >= 15 is 0 Å². The van der Waals surface area contributed by atoms with Gasteiger partial charge in [0.1, 0.15) is 0 Å². The number of hydrogen-bond acceptors (Lipinski definition) is 5. The fraction of sp³-hybridized carbons (Fsp3) is 0.917. The molecule has 0 bridgehead atoms. The average Bonchev–Trinajstić information content (AvgIpc) is 2.95. The molecule has 0 aromatic carbocycles. The second-order valence-corrected chi connectivity index (χ2v) is 7.27. The van der Waals surface area contributed by atoms with Crippen LogP contribution in [-0.4, -0.2) is 62.8 Å². The van der Waals surface area contributed by atoms with Crippen molar-refractivity contribution in [2.24, 2.45) is 0 Å². The van der Waals surface area contributed by atoms with Crippen LogP contribution in [0.3, 0.4) is 0 Å². The quantitative estimate of drug-likeness (QED) is 0.766. The summed E-state index contributed by atoms with van der Waals surface area (Å²) in [5.41, 5.74) is 0. The Morgan fingerprint density at radius 2 is 2.21 bits per heavy atom. The van der Waals surface area contributed by atoms with E-state index in [1.165, 1.54) is 0 Å². The van der Waals surface area contributed by atoms with Gasteiger partial charge < -0.3 is 14.4 Å². The zero-order valence-corrected chi connectivity index (χ0v) is 12.0. The molecule has 1 amide bonds. The monoisotopic (exact) mass is 291 g/mol. The molecular formula is C12H21NO5S. The van der Waals surface area contributed by atoms with Gasteiger partial charge in [-0.25, -0.2) is 13.2 Å². The third kappa shape index (κ3) is 3.82. The number of amides is 1. The Balaban J connectivity index is 2.03. The summed E-state index contributed by atoms with van der Waals surface area (Å²) in [4.78, 5) is 13.5. The molecule has 0 saturated carbocycles. The molecule has 0 aromatic rings. The molecule has 0 unspecified atom stereocenters. The van der Waals surface area contributed by atoms with Crippen LogP contribution >= 0.6 is 0 Å². The van der Waals surface area contributed by atoms with Gasteiger partial charge in [-0.2, -0.15) is 0 Å². The van der Waals surface area contributed by atoms with Crippen molar-refractivity contribution < 1.29 is 22.7 Å². The first-order valence-electron chi connectivity index (χ1n) is 6.77. The summed E-state index contributed by atoms with van der Waals surface area (Å²) in [5, 5.41) is 0. The smallest absolute Gasteiger partial charge is 0.410 e. The molecule has 2 fully saturated rings. The van der Waals surface area contributed by atoms with Crippen LogP contribution in [0.25, 0.3) is 0 Å². The first-order valence-corrected chi connectivity index (χ1v) is 8.59. The van der Waals surface area contributed by atoms with Gasteiger partial charge in [0.2, 0.25) is 0 Å². The van der Waals surface area contributed by atoms with Crippen LogP contribution in [0, 0.1) is 0 Å². The average molecular weight is 291 g/mol. The van der Waals surface area contributed by atoms with Gasteiger partial charge in [-0.05, 0) is 26.2 Å². The van der Waals surface area contributed by atoms with Crippen LogP contribution in [0.5, 0.6) is 0 Å². The first-order chi connectivity index (χ1) is 9.02. The van der Waals surface area contributed by atoms with Crippen LogP contribution in [-0.2, 0) is 19.3 Å². The fourth-order valence-corrected chi connectivity index (χ4v) is 4.34. The topological polar surface area (TPSA) is 72.9 Å². The predicted molar refractivity (Wildman–Crippen MR) is 69.8 cm³/mol. The third-order valence-corrected chi connectivity index (χ3v) is 5.33. The molecule has 19 heavy (non-hydrogen) atoms. The summed E-state index contributed by atoms with van der Waals surface area (Å²) >= 11 is 0. The highest BCUT2D eigenvalue weighted by molar-refractivity contribution is 7.91. The molecule has 2 aliphatic heterocycles. The van der Waals surface area contributed by atoms with E-state index in [0.29, 0.717) is 26.2 Å². The maximum Gasteiger partial charge on any atom is 0.410 e. The molecule has 0 aromatic heterocycles. The molecular weight excluding hydrogens is 270 g/mol. The molecule has 0 spiro atoms. The largest absolute Gasteiger partial charge is 0.450 e. The molecule has 2 heterocycles. The predicted octanol–water partition coefficient (Wildman–Crippen LogP) is 0.811.